The molecule has 0 amide bonds. The summed E-state index contributed by atoms with van der Waals surface area (Å²) in [5.41, 5.74) is -1.65. The molecule has 2 N–H and O–H groups in total. The van der Waals surface area contributed by atoms with Crippen LogP contribution in [0.4, 0.5) is 0 Å². The van der Waals surface area contributed by atoms with Crippen LogP contribution in [0.25, 0.3) is 0 Å². The van der Waals surface area contributed by atoms with Crippen molar-refractivity contribution in [3.8, 4) is 24.7 Å². The largest absolute Gasteiger partial charge is 0.378 e. The molecule has 136 valence electrons. The molecule has 0 spiro atoms. The third-order valence-corrected chi connectivity index (χ3v) is 9.39. The third-order valence-electron chi connectivity index (χ3n) is 9.39. The maximum Gasteiger partial charge on any atom is 0.130 e. The van der Waals surface area contributed by atoms with Gasteiger partial charge in [-0.2, -0.15) is 0 Å². The second-order valence-corrected chi connectivity index (χ2v) is 10.0. The lowest BCUT2D eigenvalue weighted by atomic mass is 9.43. The van der Waals surface area contributed by atoms with Crippen LogP contribution in [-0.4, -0.2) is 21.4 Å². The second kappa shape index (κ2) is 5.28. The molecule has 8 atom stereocenters. The molecule has 0 aliphatic heterocycles. The summed E-state index contributed by atoms with van der Waals surface area (Å²) >= 11 is 0. The van der Waals surface area contributed by atoms with Crippen molar-refractivity contribution in [1.29, 1.82) is 0 Å². The molecule has 4 saturated carbocycles. The van der Waals surface area contributed by atoms with Gasteiger partial charge in [-0.05, 0) is 86.9 Å². The van der Waals surface area contributed by atoms with E-state index >= 15 is 0 Å². The molecule has 25 heavy (non-hydrogen) atoms. The van der Waals surface area contributed by atoms with Crippen molar-refractivity contribution in [2.45, 2.75) is 82.8 Å². The normalized spacial score (nSPS) is 57.5. The minimum atomic E-state index is -0.920. The van der Waals surface area contributed by atoms with Gasteiger partial charge in [0.25, 0.3) is 0 Å². The number of rotatable bonds is 0. The Morgan fingerprint density at radius 3 is 2.24 bits per heavy atom. The predicted octanol–water partition coefficient (Wildman–Crippen LogP) is 3.76. The predicted molar refractivity (Wildman–Crippen MR) is 99.3 cm³/mol. The van der Waals surface area contributed by atoms with Crippen LogP contribution >= 0.6 is 0 Å². The molecule has 0 unspecified atom stereocenters. The molecule has 4 fully saturated rings. The Balaban J connectivity index is 1.63. The molecule has 0 bridgehead atoms. The molecule has 2 nitrogen and oxygen atoms in total. The summed E-state index contributed by atoms with van der Waals surface area (Å²) in [7, 11) is 0. The van der Waals surface area contributed by atoms with Crippen LogP contribution in [0.3, 0.4) is 0 Å². The molecule has 4 aliphatic rings. The Hall–Kier alpha value is -0.960. The summed E-state index contributed by atoms with van der Waals surface area (Å²) in [5, 5.41) is 21.7. The van der Waals surface area contributed by atoms with E-state index in [-0.39, 0.29) is 10.8 Å². The highest BCUT2D eigenvalue weighted by atomic mass is 16.3. The van der Waals surface area contributed by atoms with Crippen LogP contribution in [0.5, 0.6) is 0 Å². The molecule has 2 heteroatoms. The molecular weight excluding hydrogens is 308 g/mol. The number of fused-ring (bicyclic) bond motifs is 5. The number of terminal acetylenes is 2. The Kier molecular flexibility index (Phi) is 3.69. The fourth-order valence-corrected chi connectivity index (χ4v) is 7.63. The molecule has 0 aromatic heterocycles. The van der Waals surface area contributed by atoms with Gasteiger partial charge in [0, 0.05) is 5.41 Å². The lowest BCUT2D eigenvalue weighted by Gasteiger charge is -2.62. The van der Waals surface area contributed by atoms with Gasteiger partial charge in [-0.1, -0.05) is 25.7 Å². The first-order chi connectivity index (χ1) is 11.7. The van der Waals surface area contributed by atoms with E-state index in [0.717, 1.165) is 51.4 Å². The van der Waals surface area contributed by atoms with E-state index in [9.17, 15) is 10.2 Å². The fourth-order valence-electron chi connectivity index (χ4n) is 7.63. The molecule has 0 heterocycles. The van der Waals surface area contributed by atoms with Gasteiger partial charge in [0.2, 0.25) is 0 Å². The van der Waals surface area contributed by atoms with E-state index in [4.69, 9.17) is 12.8 Å². The van der Waals surface area contributed by atoms with E-state index in [0.29, 0.717) is 23.7 Å². The van der Waals surface area contributed by atoms with E-state index in [1.807, 2.05) is 0 Å². The van der Waals surface area contributed by atoms with Crippen LogP contribution in [0, 0.1) is 59.2 Å². The first-order valence-corrected chi connectivity index (χ1v) is 10.1. The Morgan fingerprint density at radius 1 is 0.840 bits per heavy atom. The zero-order valence-electron chi connectivity index (χ0n) is 15.7. The summed E-state index contributed by atoms with van der Waals surface area (Å²) in [6.45, 7) is 4.70. The van der Waals surface area contributed by atoms with Crippen molar-refractivity contribution in [3.63, 3.8) is 0 Å². The summed E-state index contributed by atoms with van der Waals surface area (Å²) in [6.07, 6.45) is 20.3. The van der Waals surface area contributed by atoms with Crippen LogP contribution in [0.2, 0.25) is 0 Å². The minimum Gasteiger partial charge on any atom is -0.378 e. The zero-order valence-corrected chi connectivity index (χ0v) is 15.7. The first kappa shape index (κ1) is 17.5. The average Bonchev–Trinajstić information content (AvgIpc) is 2.88. The standard InChI is InChI=1S/C23H32O2/c1-5-22(24)14-13-20(3)16(15-22)7-8-17-18(20)9-11-21(4)19(17)10-12-23(21,25)6-2/h1-2,16-19,24-25H,7-15H2,3-4H3/t16-,17-,18+,19+,20-,21+,22+,23-/m0/s1. The van der Waals surface area contributed by atoms with Gasteiger partial charge < -0.3 is 10.2 Å². The Morgan fingerprint density at radius 2 is 1.56 bits per heavy atom. The van der Waals surface area contributed by atoms with Crippen LogP contribution in [0.15, 0.2) is 0 Å². The van der Waals surface area contributed by atoms with E-state index in [2.05, 4.69) is 25.7 Å². The lowest BCUT2D eigenvalue weighted by molar-refractivity contribution is -0.152. The maximum absolute atomic E-state index is 11.1. The smallest absolute Gasteiger partial charge is 0.130 e. The zero-order chi connectivity index (χ0) is 18.1. The summed E-state index contributed by atoms with van der Waals surface area (Å²) in [4.78, 5) is 0. The van der Waals surface area contributed by atoms with Crippen molar-refractivity contribution in [1.82, 2.24) is 0 Å². The van der Waals surface area contributed by atoms with Gasteiger partial charge in [-0.25, -0.2) is 0 Å². The van der Waals surface area contributed by atoms with Gasteiger partial charge in [0.05, 0.1) is 0 Å². The van der Waals surface area contributed by atoms with Gasteiger partial charge >= 0.3 is 0 Å². The molecule has 0 saturated heterocycles. The minimum absolute atomic E-state index is 0.125. The molecule has 4 rings (SSSR count). The highest BCUT2D eigenvalue weighted by molar-refractivity contribution is 5.24. The summed E-state index contributed by atoms with van der Waals surface area (Å²) in [6, 6.07) is 0. The first-order valence-electron chi connectivity index (χ1n) is 10.1. The average molecular weight is 341 g/mol. The van der Waals surface area contributed by atoms with Crippen molar-refractivity contribution in [2.24, 2.45) is 34.5 Å². The van der Waals surface area contributed by atoms with Crippen LogP contribution in [0.1, 0.15) is 71.6 Å². The fraction of sp³-hybridized carbons (Fsp3) is 0.826. The van der Waals surface area contributed by atoms with Gasteiger partial charge in [-0.3, -0.25) is 0 Å². The van der Waals surface area contributed by atoms with Gasteiger partial charge in [-0.15, -0.1) is 12.8 Å². The number of hydrogen-bond donors (Lipinski definition) is 2. The summed E-state index contributed by atoms with van der Waals surface area (Å²) < 4.78 is 0. The Labute approximate surface area is 152 Å². The number of aliphatic hydroxyl groups is 2. The van der Waals surface area contributed by atoms with E-state index < -0.39 is 11.2 Å². The van der Waals surface area contributed by atoms with E-state index in [1.165, 1.54) is 6.42 Å². The second-order valence-electron chi connectivity index (χ2n) is 10.0. The van der Waals surface area contributed by atoms with Crippen molar-refractivity contribution < 1.29 is 10.2 Å². The molecule has 0 aromatic carbocycles. The lowest BCUT2D eigenvalue weighted by Crippen LogP contribution is -2.57. The molecule has 0 aromatic rings. The van der Waals surface area contributed by atoms with E-state index in [1.54, 1.807) is 0 Å². The van der Waals surface area contributed by atoms with Crippen molar-refractivity contribution in [2.75, 3.05) is 0 Å². The SMILES string of the molecule is C#C[C@@]1(O)CC[C@@]2(C)[C@@H](CC[C@H]3[C@H]2CC[C@]2(C)[C@@H]3CC[C@@]2(O)C#C)C1. The maximum atomic E-state index is 11.1. The molecular formula is C23H32O2. The highest BCUT2D eigenvalue weighted by Gasteiger charge is 2.64. The topological polar surface area (TPSA) is 40.5 Å². The summed E-state index contributed by atoms with van der Waals surface area (Å²) in [5.74, 6) is 7.85. The number of hydrogen-bond acceptors (Lipinski definition) is 2. The quantitative estimate of drug-likeness (QED) is 0.659. The van der Waals surface area contributed by atoms with Crippen molar-refractivity contribution in [3.05, 3.63) is 0 Å². The van der Waals surface area contributed by atoms with Crippen molar-refractivity contribution >= 4 is 0 Å². The van der Waals surface area contributed by atoms with Crippen LogP contribution in [-0.2, 0) is 0 Å². The highest BCUT2D eigenvalue weighted by Crippen LogP contribution is 2.68. The van der Waals surface area contributed by atoms with Gasteiger partial charge in [0.15, 0.2) is 0 Å². The Bertz CT molecular complexity index is 656. The molecule has 4 aliphatic carbocycles. The monoisotopic (exact) mass is 340 g/mol. The van der Waals surface area contributed by atoms with Gasteiger partial charge in [0.1, 0.15) is 11.2 Å². The third kappa shape index (κ3) is 2.14. The van der Waals surface area contributed by atoms with Crippen LogP contribution < -0.4 is 0 Å². The molecule has 0 radical (unpaired) electrons.